The Hall–Kier alpha value is -2.50. The number of hydrogen-bond acceptors (Lipinski definition) is 4. The van der Waals surface area contributed by atoms with E-state index in [2.05, 4.69) is 5.32 Å². The van der Waals surface area contributed by atoms with Crippen molar-refractivity contribution in [3.05, 3.63) is 35.4 Å². The van der Waals surface area contributed by atoms with Crippen molar-refractivity contribution in [2.24, 2.45) is 23.7 Å². The molecule has 2 rings (SSSR count). The van der Waals surface area contributed by atoms with Crippen molar-refractivity contribution >= 4 is 23.5 Å². The van der Waals surface area contributed by atoms with E-state index >= 15 is 0 Å². The predicted octanol–water partition coefficient (Wildman–Crippen LogP) is 2.92. The van der Waals surface area contributed by atoms with E-state index in [-0.39, 0.29) is 36.0 Å². The normalized spacial score (nSPS) is 15.0. The zero-order chi connectivity index (χ0) is 21.2. The highest BCUT2D eigenvalue weighted by molar-refractivity contribution is 6.22. The molecule has 28 heavy (non-hydrogen) atoms. The number of nitrogens with one attached hydrogen (secondary N) is 1. The van der Waals surface area contributed by atoms with Crippen molar-refractivity contribution in [2.45, 2.75) is 47.6 Å². The first-order valence-electron chi connectivity index (χ1n) is 9.85. The van der Waals surface area contributed by atoms with Gasteiger partial charge >= 0.3 is 0 Å². The van der Waals surface area contributed by atoms with Gasteiger partial charge in [0.05, 0.1) is 17.7 Å². The maximum absolute atomic E-state index is 12.9. The van der Waals surface area contributed by atoms with Gasteiger partial charge < -0.3 is 5.32 Å². The zero-order valence-corrected chi connectivity index (χ0v) is 17.5. The van der Waals surface area contributed by atoms with Crippen LogP contribution in [0.3, 0.4) is 0 Å². The highest BCUT2D eigenvalue weighted by Crippen LogP contribution is 2.27. The minimum absolute atomic E-state index is 0.0387. The van der Waals surface area contributed by atoms with Gasteiger partial charge in [-0.3, -0.25) is 24.1 Å². The molecule has 0 fully saturated rings. The van der Waals surface area contributed by atoms with Crippen LogP contribution in [0.15, 0.2) is 24.3 Å². The Bertz CT molecular complexity index is 739. The summed E-state index contributed by atoms with van der Waals surface area (Å²) in [6, 6.07) is 5.59. The summed E-state index contributed by atoms with van der Waals surface area (Å²) in [6.07, 6.45) is 0. The molecule has 0 bridgehead atoms. The molecule has 6 heteroatoms. The first-order chi connectivity index (χ1) is 13.1. The van der Waals surface area contributed by atoms with Crippen molar-refractivity contribution in [1.82, 2.24) is 10.2 Å². The van der Waals surface area contributed by atoms with Gasteiger partial charge in [0.1, 0.15) is 6.04 Å². The number of nitrogens with zero attached hydrogens (tertiary/aromatic N) is 1. The SMILES string of the molecule is CC(C)C(C(=O)CNC(=O)C(C(C)C)N1C(=O)c2ccccc2C1=O)C(C)C. The highest BCUT2D eigenvalue weighted by atomic mass is 16.2. The fourth-order valence-corrected chi connectivity index (χ4v) is 4.09. The van der Waals surface area contributed by atoms with Crippen molar-refractivity contribution < 1.29 is 19.2 Å². The zero-order valence-electron chi connectivity index (χ0n) is 17.5. The number of benzene rings is 1. The fourth-order valence-electron chi connectivity index (χ4n) is 4.09. The summed E-state index contributed by atoms with van der Waals surface area (Å²) in [5, 5.41) is 2.66. The van der Waals surface area contributed by atoms with Crippen LogP contribution in [0, 0.1) is 23.7 Å². The molecule has 1 atom stereocenters. The van der Waals surface area contributed by atoms with Crippen molar-refractivity contribution in [3.8, 4) is 0 Å². The molecule has 0 aromatic heterocycles. The summed E-state index contributed by atoms with van der Waals surface area (Å²) < 4.78 is 0. The van der Waals surface area contributed by atoms with E-state index in [0.717, 1.165) is 4.90 Å². The van der Waals surface area contributed by atoms with E-state index in [1.807, 2.05) is 27.7 Å². The van der Waals surface area contributed by atoms with Crippen LogP contribution in [0.25, 0.3) is 0 Å². The lowest BCUT2D eigenvalue weighted by Gasteiger charge is -2.29. The number of amides is 3. The monoisotopic (exact) mass is 386 g/mol. The number of rotatable bonds is 8. The molecule has 0 saturated carbocycles. The fraction of sp³-hybridized carbons (Fsp3) is 0.545. The van der Waals surface area contributed by atoms with Crippen molar-refractivity contribution in [1.29, 1.82) is 0 Å². The maximum Gasteiger partial charge on any atom is 0.262 e. The van der Waals surface area contributed by atoms with Gasteiger partial charge in [-0.05, 0) is 29.9 Å². The van der Waals surface area contributed by atoms with E-state index < -0.39 is 23.8 Å². The average Bonchev–Trinajstić information content (AvgIpc) is 2.85. The quantitative estimate of drug-likeness (QED) is 0.696. The molecule has 1 aliphatic rings. The summed E-state index contributed by atoms with van der Waals surface area (Å²) in [5.74, 6) is -1.57. The third-order valence-electron chi connectivity index (χ3n) is 5.25. The lowest BCUT2D eigenvalue weighted by molar-refractivity contribution is -0.131. The third-order valence-corrected chi connectivity index (χ3v) is 5.25. The number of fused-ring (bicyclic) bond motifs is 1. The molecule has 1 N–H and O–H groups in total. The first-order valence-corrected chi connectivity index (χ1v) is 9.85. The van der Waals surface area contributed by atoms with E-state index in [4.69, 9.17) is 0 Å². The van der Waals surface area contributed by atoms with Crippen LogP contribution in [0.4, 0.5) is 0 Å². The number of ketones is 1. The van der Waals surface area contributed by atoms with Gasteiger partial charge in [-0.25, -0.2) is 0 Å². The Morgan fingerprint density at radius 3 is 1.71 bits per heavy atom. The molecule has 0 spiro atoms. The molecule has 1 unspecified atom stereocenters. The second kappa shape index (κ2) is 8.67. The summed E-state index contributed by atoms with van der Waals surface area (Å²) in [7, 11) is 0. The molecule has 152 valence electrons. The molecule has 6 nitrogen and oxygen atoms in total. The van der Waals surface area contributed by atoms with Crippen LogP contribution < -0.4 is 5.32 Å². The summed E-state index contributed by atoms with van der Waals surface area (Å²) >= 11 is 0. The largest absolute Gasteiger partial charge is 0.347 e. The number of Topliss-reactive ketones (excluding diaryl/α,β-unsaturated/α-hetero) is 1. The molecule has 0 saturated heterocycles. The minimum atomic E-state index is -0.961. The third kappa shape index (κ3) is 4.16. The lowest BCUT2D eigenvalue weighted by Crippen LogP contribution is -2.53. The van der Waals surface area contributed by atoms with E-state index in [0.29, 0.717) is 11.1 Å². The van der Waals surface area contributed by atoms with E-state index in [1.165, 1.54) is 0 Å². The topological polar surface area (TPSA) is 83.6 Å². The van der Waals surface area contributed by atoms with Gasteiger partial charge in [-0.1, -0.05) is 53.7 Å². The Morgan fingerprint density at radius 1 is 0.857 bits per heavy atom. The Balaban J connectivity index is 2.17. The van der Waals surface area contributed by atoms with Gasteiger partial charge in [0, 0.05) is 5.92 Å². The predicted molar refractivity (Wildman–Crippen MR) is 107 cm³/mol. The number of imide groups is 1. The van der Waals surface area contributed by atoms with Gasteiger partial charge in [0.2, 0.25) is 5.91 Å². The van der Waals surface area contributed by atoms with E-state index in [9.17, 15) is 19.2 Å². The van der Waals surface area contributed by atoms with Gasteiger partial charge in [-0.15, -0.1) is 0 Å². The van der Waals surface area contributed by atoms with Crippen LogP contribution >= 0.6 is 0 Å². The molecule has 1 aromatic carbocycles. The molecule has 0 aliphatic carbocycles. The van der Waals surface area contributed by atoms with Gasteiger partial charge in [0.25, 0.3) is 11.8 Å². The number of carbonyl (C=O) groups excluding carboxylic acids is 4. The molecule has 0 radical (unpaired) electrons. The number of hydrogen-bond donors (Lipinski definition) is 1. The minimum Gasteiger partial charge on any atom is -0.347 e. The summed E-state index contributed by atoms with van der Waals surface area (Å²) in [5.41, 5.74) is 0.614. The van der Waals surface area contributed by atoms with Crippen LogP contribution in [0.5, 0.6) is 0 Å². The molecule has 3 amide bonds. The molecule has 1 aliphatic heterocycles. The maximum atomic E-state index is 12.9. The molecule has 1 heterocycles. The molecular formula is C22H30N2O4. The van der Waals surface area contributed by atoms with Crippen molar-refractivity contribution in [3.63, 3.8) is 0 Å². The van der Waals surface area contributed by atoms with Crippen LogP contribution in [0.2, 0.25) is 0 Å². The Labute approximate surface area is 166 Å². The van der Waals surface area contributed by atoms with Crippen LogP contribution in [0.1, 0.15) is 62.3 Å². The van der Waals surface area contributed by atoms with Crippen molar-refractivity contribution in [2.75, 3.05) is 6.54 Å². The summed E-state index contributed by atoms with van der Waals surface area (Å²) in [4.78, 5) is 52.0. The standard InChI is InChI=1S/C22H30N2O4/c1-12(2)18(13(3)4)17(25)11-23-20(26)19(14(5)6)24-21(27)15-9-7-8-10-16(15)22(24)28/h7-10,12-14,18-19H,11H2,1-6H3,(H,23,26). The average molecular weight is 386 g/mol. The van der Waals surface area contributed by atoms with E-state index in [1.54, 1.807) is 38.1 Å². The highest BCUT2D eigenvalue weighted by Gasteiger charge is 2.44. The van der Waals surface area contributed by atoms with Crippen LogP contribution in [-0.4, -0.2) is 41.0 Å². The lowest BCUT2D eigenvalue weighted by atomic mass is 9.82. The number of carbonyl (C=O) groups is 4. The van der Waals surface area contributed by atoms with Crippen LogP contribution in [-0.2, 0) is 9.59 Å². The van der Waals surface area contributed by atoms with Gasteiger partial charge in [-0.2, -0.15) is 0 Å². The Kier molecular flexibility index (Phi) is 6.75. The first kappa shape index (κ1) is 21.8. The smallest absolute Gasteiger partial charge is 0.262 e. The molecule has 1 aromatic rings. The van der Waals surface area contributed by atoms with Gasteiger partial charge in [0.15, 0.2) is 5.78 Å². The molecular weight excluding hydrogens is 356 g/mol. The second-order valence-electron chi connectivity index (χ2n) is 8.41. The summed E-state index contributed by atoms with van der Waals surface area (Å²) in [6.45, 7) is 11.4. The Morgan fingerprint density at radius 2 is 1.32 bits per heavy atom. The second-order valence-corrected chi connectivity index (χ2v) is 8.41.